The van der Waals surface area contributed by atoms with E-state index in [0.717, 1.165) is 28.1 Å². The first-order valence-corrected chi connectivity index (χ1v) is 5.50. The summed E-state index contributed by atoms with van der Waals surface area (Å²) in [6.07, 6.45) is 0.843. The molecule has 3 heteroatoms. The molecule has 1 N–H and O–H groups in total. The summed E-state index contributed by atoms with van der Waals surface area (Å²) in [5.74, 6) is 5.84. The van der Waals surface area contributed by atoms with Crippen molar-refractivity contribution in [1.82, 2.24) is 0 Å². The molecule has 0 aromatic heterocycles. The Morgan fingerprint density at radius 1 is 1.50 bits per heavy atom. The Kier molecular flexibility index (Phi) is 4.86. The van der Waals surface area contributed by atoms with Crippen LogP contribution in [0.1, 0.15) is 13.3 Å². The van der Waals surface area contributed by atoms with Gasteiger partial charge in [0.15, 0.2) is 0 Å². The Morgan fingerprint density at radius 2 is 2.29 bits per heavy atom. The van der Waals surface area contributed by atoms with Gasteiger partial charge >= 0.3 is 0 Å². The van der Waals surface area contributed by atoms with Gasteiger partial charge in [-0.2, -0.15) is 0 Å². The van der Waals surface area contributed by atoms with Gasteiger partial charge in [0.1, 0.15) is 0 Å². The smallest absolute Gasteiger partial charge is 0.0593 e. The van der Waals surface area contributed by atoms with Crippen molar-refractivity contribution in [1.29, 1.82) is 0 Å². The van der Waals surface area contributed by atoms with Crippen molar-refractivity contribution in [3.8, 4) is 11.8 Å². The van der Waals surface area contributed by atoms with Gasteiger partial charge in [-0.15, -0.1) is 11.8 Å². The van der Waals surface area contributed by atoms with Gasteiger partial charge in [0.2, 0.25) is 0 Å². The zero-order valence-corrected chi connectivity index (χ0v) is 10.2. The maximum atomic E-state index is 5.94. The van der Waals surface area contributed by atoms with E-state index in [1.54, 1.807) is 0 Å². The summed E-state index contributed by atoms with van der Waals surface area (Å²) < 4.78 is 0.908. The minimum atomic E-state index is 0.719. The van der Waals surface area contributed by atoms with Gasteiger partial charge in [-0.1, -0.05) is 17.7 Å². The average Bonchev–Trinajstić information content (AvgIpc) is 2.19. The summed E-state index contributed by atoms with van der Waals surface area (Å²) in [4.78, 5) is 0. The first-order valence-electron chi connectivity index (χ1n) is 4.33. The van der Waals surface area contributed by atoms with Gasteiger partial charge in [-0.25, -0.2) is 0 Å². The van der Waals surface area contributed by atoms with Crippen LogP contribution < -0.4 is 5.32 Å². The number of halogens is 2. The van der Waals surface area contributed by atoms with Crippen LogP contribution >= 0.6 is 27.5 Å². The van der Waals surface area contributed by atoms with Crippen LogP contribution in [0.25, 0.3) is 0 Å². The molecule has 1 nitrogen and oxygen atoms in total. The third kappa shape index (κ3) is 3.25. The van der Waals surface area contributed by atoms with Gasteiger partial charge in [0, 0.05) is 18.7 Å². The van der Waals surface area contributed by atoms with E-state index in [4.69, 9.17) is 11.6 Å². The van der Waals surface area contributed by atoms with Crippen molar-refractivity contribution in [2.24, 2.45) is 0 Å². The quantitative estimate of drug-likeness (QED) is 0.649. The minimum Gasteiger partial charge on any atom is -0.383 e. The third-order valence-corrected chi connectivity index (χ3v) is 3.09. The van der Waals surface area contributed by atoms with Crippen molar-refractivity contribution >= 4 is 33.2 Å². The predicted molar refractivity (Wildman–Crippen MR) is 65.7 cm³/mol. The molecule has 0 fully saturated rings. The maximum absolute atomic E-state index is 5.94. The summed E-state index contributed by atoms with van der Waals surface area (Å²) in [5.41, 5.74) is 1.01. The van der Waals surface area contributed by atoms with Crippen molar-refractivity contribution in [2.45, 2.75) is 13.3 Å². The van der Waals surface area contributed by atoms with E-state index >= 15 is 0 Å². The molecule has 1 aromatic rings. The molecule has 0 heterocycles. The summed E-state index contributed by atoms with van der Waals surface area (Å²) >= 11 is 9.36. The second kappa shape index (κ2) is 5.95. The molecule has 0 saturated heterocycles. The molecule has 0 bridgehead atoms. The van der Waals surface area contributed by atoms with Gasteiger partial charge in [0.05, 0.1) is 9.50 Å². The molecule has 1 rings (SSSR count). The van der Waals surface area contributed by atoms with E-state index < -0.39 is 0 Å². The molecule has 0 aliphatic heterocycles. The van der Waals surface area contributed by atoms with Gasteiger partial charge in [0.25, 0.3) is 0 Å². The van der Waals surface area contributed by atoms with Crippen molar-refractivity contribution in [2.75, 3.05) is 11.9 Å². The van der Waals surface area contributed by atoms with Crippen LogP contribution in [-0.4, -0.2) is 6.54 Å². The SMILES string of the molecule is CC#CCCNc1cccc(Cl)c1Br. The number of benzene rings is 1. The fourth-order valence-corrected chi connectivity index (χ4v) is 1.60. The maximum Gasteiger partial charge on any atom is 0.0593 e. The van der Waals surface area contributed by atoms with Gasteiger partial charge < -0.3 is 5.32 Å². The molecular formula is C11H11BrClN. The van der Waals surface area contributed by atoms with Gasteiger partial charge in [-0.3, -0.25) is 0 Å². The highest BCUT2D eigenvalue weighted by atomic mass is 79.9. The van der Waals surface area contributed by atoms with Crippen molar-refractivity contribution < 1.29 is 0 Å². The number of hydrogen-bond donors (Lipinski definition) is 1. The molecular weight excluding hydrogens is 261 g/mol. The van der Waals surface area contributed by atoms with Crippen LogP contribution in [0.2, 0.25) is 5.02 Å². The van der Waals surface area contributed by atoms with E-state index in [2.05, 4.69) is 33.1 Å². The summed E-state index contributed by atoms with van der Waals surface area (Å²) in [6, 6.07) is 5.75. The van der Waals surface area contributed by atoms with Crippen LogP contribution in [0.4, 0.5) is 5.69 Å². The van der Waals surface area contributed by atoms with Crippen LogP contribution in [-0.2, 0) is 0 Å². The highest BCUT2D eigenvalue weighted by Crippen LogP contribution is 2.29. The van der Waals surface area contributed by atoms with E-state index in [9.17, 15) is 0 Å². The standard InChI is InChI=1S/C11H11BrClN/c1-2-3-4-8-14-10-7-5-6-9(13)11(10)12/h5-7,14H,4,8H2,1H3. The zero-order valence-electron chi connectivity index (χ0n) is 7.90. The van der Waals surface area contributed by atoms with Crippen LogP contribution in [0, 0.1) is 11.8 Å². The Morgan fingerprint density at radius 3 is 3.00 bits per heavy atom. The van der Waals surface area contributed by atoms with E-state index in [0.29, 0.717) is 0 Å². The molecule has 74 valence electrons. The number of rotatable bonds is 3. The monoisotopic (exact) mass is 271 g/mol. The van der Waals surface area contributed by atoms with E-state index in [1.807, 2.05) is 25.1 Å². The topological polar surface area (TPSA) is 12.0 Å². The molecule has 0 radical (unpaired) electrons. The lowest BCUT2D eigenvalue weighted by atomic mass is 10.3. The summed E-state index contributed by atoms with van der Waals surface area (Å²) in [7, 11) is 0. The lowest BCUT2D eigenvalue weighted by Gasteiger charge is -2.07. The zero-order chi connectivity index (χ0) is 10.4. The lowest BCUT2D eigenvalue weighted by Crippen LogP contribution is -2.00. The van der Waals surface area contributed by atoms with E-state index in [1.165, 1.54) is 0 Å². The molecule has 0 saturated carbocycles. The Labute approximate surface area is 98.0 Å². The number of hydrogen-bond acceptors (Lipinski definition) is 1. The van der Waals surface area contributed by atoms with Gasteiger partial charge in [-0.05, 0) is 35.0 Å². The van der Waals surface area contributed by atoms with Crippen LogP contribution in [0.3, 0.4) is 0 Å². The molecule has 0 unspecified atom stereocenters. The second-order valence-corrected chi connectivity index (χ2v) is 3.91. The van der Waals surface area contributed by atoms with Crippen LogP contribution in [0.5, 0.6) is 0 Å². The van der Waals surface area contributed by atoms with Crippen LogP contribution in [0.15, 0.2) is 22.7 Å². The molecule has 0 aliphatic carbocycles. The summed E-state index contributed by atoms with van der Waals surface area (Å²) in [6.45, 7) is 2.68. The first-order chi connectivity index (χ1) is 6.75. The second-order valence-electron chi connectivity index (χ2n) is 2.70. The Balaban J connectivity index is 2.57. The fourth-order valence-electron chi connectivity index (χ4n) is 1.02. The minimum absolute atomic E-state index is 0.719. The largest absolute Gasteiger partial charge is 0.383 e. The molecule has 0 amide bonds. The lowest BCUT2D eigenvalue weighted by molar-refractivity contribution is 1.09. The fraction of sp³-hybridized carbons (Fsp3) is 0.273. The third-order valence-electron chi connectivity index (χ3n) is 1.69. The highest BCUT2D eigenvalue weighted by molar-refractivity contribution is 9.10. The van der Waals surface area contributed by atoms with Crippen molar-refractivity contribution in [3.63, 3.8) is 0 Å². The average molecular weight is 273 g/mol. The summed E-state index contributed by atoms with van der Waals surface area (Å²) in [5, 5.41) is 3.97. The van der Waals surface area contributed by atoms with Crippen molar-refractivity contribution in [3.05, 3.63) is 27.7 Å². The molecule has 1 aromatic carbocycles. The Hall–Kier alpha value is -0.650. The number of anilines is 1. The highest BCUT2D eigenvalue weighted by Gasteiger charge is 2.01. The van der Waals surface area contributed by atoms with E-state index in [-0.39, 0.29) is 0 Å². The molecule has 0 atom stereocenters. The Bertz CT molecular complexity index is 365. The molecule has 14 heavy (non-hydrogen) atoms. The predicted octanol–water partition coefficient (Wildman–Crippen LogP) is 3.93. The molecule has 0 aliphatic rings. The number of nitrogens with one attached hydrogen (secondary N) is 1. The first kappa shape index (κ1) is 11.4. The normalized spacial score (nSPS) is 9.07. The molecule has 0 spiro atoms.